The van der Waals surface area contributed by atoms with Gasteiger partial charge in [0.15, 0.2) is 3.95 Å². The molecule has 2 aromatic heterocycles. The number of hydrogen-bond acceptors (Lipinski definition) is 6. The highest BCUT2D eigenvalue weighted by molar-refractivity contribution is 7.73. The van der Waals surface area contributed by atoms with Crippen LogP contribution in [0.4, 0.5) is 5.13 Å². The highest BCUT2D eigenvalue weighted by Crippen LogP contribution is 2.11. The molecular weight excluding hydrogens is 236 g/mol. The van der Waals surface area contributed by atoms with Gasteiger partial charge in [-0.2, -0.15) is 0 Å². The Morgan fingerprint density at radius 3 is 3.14 bits per heavy atom. The molecular formula is C7H8N4S3. The Morgan fingerprint density at radius 2 is 2.50 bits per heavy atom. The van der Waals surface area contributed by atoms with Crippen molar-refractivity contribution >= 4 is 40.0 Å². The van der Waals surface area contributed by atoms with Crippen LogP contribution in [0.2, 0.25) is 0 Å². The summed E-state index contributed by atoms with van der Waals surface area (Å²) in [6.45, 7) is 0.837. The molecule has 0 amide bonds. The lowest BCUT2D eigenvalue weighted by atomic mass is 10.4. The predicted molar refractivity (Wildman–Crippen MR) is 61.6 cm³/mol. The molecule has 0 bridgehead atoms. The summed E-state index contributed by atoms with van der Waals surface area (Å²) in [5.41, 5.74) is 0. The summed E-state index contributed by atoms with van der Waals surface area (Å²) in [5, 5.41) is 13.9. The van der Waals surface area contributed by atoms with Gasteiger partial charge in [-0.05, 0) is 12.2 Å². The van der Waals surface area contributed by atoms with E-state index >= 15 is 0 Å². The number of aromatic nitrogens is 3. The normalized spacial score (nSPS) is 10.3. The third-order valence-electron chi connectivity index (χ3n) is 1.54. The molecule has 0 aliphatic rings. The summed E-state index contributed by atoms with van der Waals surface area (Å²) in [6.07, 6.45) is 2.74. The van der Waals surface area contributed by atoms with E-state index in [2.05, 4.69) is 20.5 Å². The molecule has 0 aliphatic carbocycles. The van der Waals surface area contributed by atoms with Crippen LogP contribution in [-0.4, -0.2) is 21.7 Å². The number of hydrogen-bond donors (Lipinski definition) is 2. The Balaban J connectivity index is 1.81. The number of anilines is 1. The summed E-state index contributed by atoms with van der Waals surface area (Å²) in [5.74, 6) is 0. The number of thiazole rings is 1. The van der Waals surface area contributed by atoms with Crippen LogP contribution in [-0.2, 0) is 6.42 Å². The lowest BCUT2D eigenvalue weighted by molar-refractivity contribution is 0.978. The van der Waals surface area contributed by atoms with Crippen molar-refractivity contribution in [2.75, 3.05) is 11.9 Å². The van der Waals surface area contributed by atoms with E-state index in [0.717, 1.165) is 23.1 Å². The highest BCUT2D eigenvalue weighted by atomic mass is 32.1. The molecule has 0 radical (unpaired) electrons. The molecule has 0 spiro atoms. The van der Waals surface area contributed by atoms with Crippen LogP contribution in [0.15, 0.2) is 11.6 Å². The molecule has 4 nitrogen and oxygen atoms in total. The molecule has 2 aromatic rings. The molecule has 14 heavy (non-hydrogen) atoms. The number of rotatable bonds is 4. The van der Waals surface area contributed by atoms with E-state index in [1.54, 1.807) is 11.3 Å². The van der Waals surface area contributed by atoms with Crippen LogP contribution in [0, 0.1) is 3.95 Å². The van der Waals surface area contributed by atoms with Crippen molar-refractivity contribution in [2.45, 2.75) is 6.42 Å². The maximum atomic E-state index is 4.91. The molecule has 0 atom stereocenters. The maximum absolute atomic E-state index is 4.91. The fourth-order valence-electron chi connectivity index (χ4n) is 0.958. The van der Waals surface area contributed by atoms with E-state index in [9.17, 15) is 0 Å². The van der Waals surface area contributed by atoms with Crippen LogP contribution in [0.1, 0.15) is 5.01 Å². The van der Waals surface area contributed by atoms with Gasteiger partial charge >= 0.3 is 0 Å². The van der Waals surface area contributed by atoms with Gasteiger partial charge in [-0.1, -0.05) is 11.3 Å². The van der Waals surface area contributed by atoms with E-state index in [4.69, 9.17) is 12.2 Å². The predicted octanol–water partition coefficient (Wildman–Crippen LogP) is 2.31. The smallest absolute Gasteiger partial charge is 0.204 e. The van der Waals surface area contributed by atoms with Gasteiger partial charge in [0.2, 0.25) is 5.13 Å². The average molecular weight is 244 g/mol. The third kappa shape index (κ3) is 2.60. The van der Waals surface area contributed by atoms with Crippen molar-refractivity contribution in [1.82, 2.24) is 15.2 Å². The first-order valence-electron chi connectivity index (χ1n) is 4.02. The zero-order valence-corrected chi connectivity index (χ0v) is 9.64. The van der Waals surface area contributed by atoms with Gasteiger partial charge in [-0.25, -0.2) is 4.98 Å². The SMILES string of the molecule is S=c1[nH]nc(NCCc2nccs2)s1. The van der Waals surface area contributed by atoms with Gasteiger partial charge in [-0.3, -0.25) is 5.10 Å². The summed E-state index contributed by atoms with van der Waals surface area (Å²) >= 11 is 8.02. The summed E-state index contributed by atoms with van der Waals surface area (Å²) in [6, 6.07) is 0. The first-order valence-corrected chi connectivity index (χ1v) is 6.13. The van der Waals surface area contributed by atoms with Crippen molar-refractivity contribution in [2.24, 2.45) is 0 Å². The van der Waals surface area contributed by atoms with Crippen molar-refractivity contribution in [3.63, 3.8) is 0 Å². The number of nitrogens with zero attached hydrogens (tertiary/aromatic N) is 2. The van der Waals surface area contributed by atoms with E-state index in [-0.39, 0.29) is 0 Å². The van der Waals surface area contributed by atoms with E-state index in [1.807, 2.05) is 11.6 Å². The quantitative estimate of drug-likeness (QED) is 0.810. The minimum Gasteiger partial charge on any atom is -0.360 e. The monoisotopic (exact) mass is 244 g/mol. The minimum atomic E-state index is 0.696. The molecule has 2 rings (SSSR count). The van der Waals surface area contributed by atoms with Crippen LogP contribution >= 0.6 is 34.9 Å². The van der Waals surface area contributed by atoms with Gasteiger partial charge in [0.1, 0.15) is 0 Å². The Hall–Kier alpha value is -0.790. The van der Waals surface area contributed by atoms with E-state index in [0.29, 0.717) is 3.95 Å². The van der Waals surface area contributed by atoms with Crippen LogP contribution in [0.25, 0.3) is 0 Å². The molecule has 0 saturated heterocycles. The van der Waals surface area contributed by atoms with Crippen LogP contribution in [0.3, 0.4) is 0 Å². The standard InChI is InChI=1S/C7H8N4S3/c12-7-11-10-6(14-7)9-2-1-5-8-3-4-13-5/h3-4H,1-2H2,(H,9,10)(H,11,12). The molecule has 2 heterocycles. The zero-order valence-electron chi connectivity index (χ0n) is 7.19. The van der Waals surface area contributed by atoms with Gasteiger partial charge in [0, 0.05) is 24.5 Å². The largest absolute Gasteiger partial charge is 0.360 e. The fraction of sp³-hybridized carbons (Fsp3) is 0.286. The van der Waals surface area contributed by atoms with Gasteiger partial charge in [0.25, 0.3) is 0 Å². The number of nitrogens with one attached hydrogen (secondary N) is 2. The molecule has 0 aromatic carbocycles. The molecule has 0 unspecified atom stereocenters. The van der Waals surface area contributed by atoms with Crippen LogP contribution < -0.4 is 5.32 Å². The molecule has 2 N–H and O–H groups in total. The van der Waals surface area contributed by atoms with Crippen molar-refractivity contribution in [3.8, 4) is 0 Å². The van der Waals surface area contributed by atoms with E-state index < -0.39 is 0 Å². The van der Waals surface area contributed by atoms with Gasteiger partial charge < -0.3 is 5.32 Å². The lowest BCUT2D eigenvalue weighted by Gasteiger charge is -1.97. The zero-order chi connectivity index (χ0) is 9.80. The molecule has 0 aliphatic heterocycles. The van der Waals surface area contributed by atoms with Crippen molar-refractivity contribution < 1.29 is 0 Å². The van der Waals surface area contributed by atoms with Gasteiger partial charge in [-0.15, -0.1) is 16.4 Å². The first-order chi connectivity index (χ1) is 6.84. The Labute approximate surface area is 94.0 Å². The maximum Gasteiger partial charge on any atom is 0.204 e. The average Bonchev–Trinajstić information content (AvgIpc) is 2.77. The second kappa shape index (κ2) is 4.63. The summed E-state index contributed by atoms with van der Waals surface area (Å²) in [7, 11) is 0. The number of aromatic amines is 1. The van der Waals surface area contributed by atoms with Crippen molar-refractivity contribution in [3.05, 3.63) is 20.5 Å². The molecule has 74 valence electrons. The molecule has 7 heteroatoms. The first kappa shape index (κ1) is 9.75. The molecule has 0 saturated carbocycles. The Kier molecular flexibility index (Phi) is 3.22. The lowest BCUT2D eigenvalue weighted by Crippen LogP contribution is -2.04. The Bertz CT molecular complexity index is 430. The minimum absolute atomic E-state index is 0.696. The van der Waals surface area contributed by atoms with Gasteiger partial charge in [0.05, 0.1) is 5.01 Å². The highest BCUT2D eigenvalue weighted by Gasteiger charge is 1.97. The summed E-state index contributed by atoms with van der Waals surface area (Å²) < 4.78 is 0.696. The Morgan fingerprint density at radius 1 is 1.57 bits per heavy atom. The second-order valence-corrected chi connectivity index (χ2v) is 5.17. The second-order valence-electron chi connectivity index (χ2n) is 2.52. The third-order valence-corrected chi connectivity index (χ3v) is 3.42. The molecule has 0 fully saturated rings. The fourth-order valence-corrected chi connectivity index (χ4v) is 2.39. The summed E-state index contributed by atoms with van der Waals surface area (Å²) in [4.78, 5) is 4.19. The number of H-pyrrole nitrogens is 1. The van der Waals surface area contributed by atoms with Crippen LogP contribution in [0.5, 0.6) is 0 Å². The van der Waals surface area contributed by atoms with E-state index in [1.165, 1.54) is 11.3 Å². The topological polar surface area (TPSA) is 53.6 Å². The van der Waals surface area contributed by atoms with Crippen molar-refractivity contribution in [1.29, 1.82) is 0 Å².